The van der Waals surface area contributed by atoms with E-state index in [4.69, 9.17) is 11.6 Å². The number of hydrogen-bond donors (Lipinski definition) is 1. The predicted octanol–water partition coefficient (Wildman–Crippen LogP) is 5.38. The zero-order valence-corrected chi connectivity index (χ0v) is 23.8. The van der Waals surface area contributed by atoms with Crippen LogP contribution < -0.4 is 0 Å². The van der Waals surface area contributed by atoms with Gasteiger partial charge in [-0.25, -0.2) is 8.42 Å². The van der Waals surface area contributed by atoms with Crippen molar-refractivity contribution >= 4 is 50.0 Å². The van der Waals surface area contributed by atoms with Crippen LogP contribution in [0.3, 0.4) is 0 Å². The number of H-pyrrole nitrogens is 1. The molecule has 0 bridgehead atoms. The molecule has 8 nitrogen and oxygen atoms in total. The molecule has 1 amide bonds. The van der Waals surface area contributed by atoms with Gasteiger partial charge in [0.05, 0.1) is 17.3 Å². The van der Waals surface area contributed by atoms with Gasteiger partial charge in [-0.15, -0.1) is 10.2 Å². The summed E-state index contributed by atoms with van der Waals surface area (Å²) in [6.07, 6.45) is 2.35. The maximum atomic E-state index is 13.7. The highest BCUT2D eigenvalue weighted by molar-refractivity contribution is 7.99. The molecule has 0 radical (unpaired) electrons. The van der Waals surface area contributed by atoms with Crippen LogP contribution in [-0.2, 0) is 21.2 Å². The van der Waals surface area contributed by atoms with Crippen molar-refractivity contribution in [1.29, 1.82) is 0 Å². The molecule has 204 valence electrons. The van der Waals surface area contributed by atoms with Gasteiger partial charge < -0.3 is 9.88 Å². The molecule has 0 spiro atoms. The average molecular weight is 592 g/mol. The van der Waals surface area contributed by atoms with Crippen molar-refractivity contribution in [3.63, 3.8) is 0 Å². The number of nitrogens with one attached hydrogen (secondary N) is 1. The van der Waals surface area contributed by atoms with E-state index in [9.17, 15) is 13.2 Å². The molecule has 1 aliphatic heterocycles. The molecule has 1 fully saturated rings. The van der Waals surface area contributed by atoms with Gasteiger partial charge in [-0.1, -0.05) is 71.9 Å². The standard InChI is InChI=1S/C29H26ClN5O3S2/c30-21-10-12-22(13-11-21)35-28(25-16-31-26-9-5-4-8-24(25)26)32-33-29(35)39-18-27(36)34(17-20-6-2-1-3-7-20)23-14-15-40(37,38)19-23/h1-13,16,23,31H,14-15,17-19H2/t23-/m1/s1. The second kappa shape index (κ2) is 11.1. The Morgan fingerprint density at radius 1 is 1.02 bits per heavy atom. The molecule has 1 saturated heterocycles. The lowest BCUT2D eigenvalue weighted by Crippen LogP contribution is -2.41. The topological polar surface area (TPSA) is 101 Å². The van der Waals surface area contributed by atoms with Gasteiger partial charge in [0, 0.05) is 46.0 Å². The van der Waals surface area contributed by atoms with Crippen LogP contribution in [0.1, 0.15) is 12.0 Å². The minimum Gasteiger partial charge on any atom is -0.360 e. The van der Waals surface area contributed by atoms with Crippen LogP contribution in [0.25, 0.3) is 28.0 Å². The number of carbonyl (C=O) groups is 1. The largest absolute Gasteiger partial charge is 0.360 e. The molecule has 0 unspecified atom stereocenters. The summed E-state index contributed by atoms with van der Waals surface area (Å²) in [7, 11) is -3.16. The minimum absolute atomic E-state index is 0.0120. The monoisotopic (exact) mass is 591 g/mol. The van der Waals surface area contributed by atoms with Gasteiger partial charge in [-0.2, -0.15) is 0 Å². The summed E-state index contributed by atoms with van der Waals surface area (Å²) in [6.45, 7) is 0.352. The number of fused-ring (bicyclic) bond motifs is 1. The first-order valence-electron chi connectivity index (χ1n) is 12.8. The number of para-hydroxylation sites is 1. The lowest BCUT2D eigenvalue weighted by molar-refractivity contribution is -0.130. The van der Waals surface area contributed by atoms with Crippen LogP contribution in [0.2, 0.25) is 5.02 Å². The number of carbonyl (C=O) groups excluding carboxylic acids is 1. The van der Waals surface area contributed by atoms with E-state index >= 15 is 0 Å². The second-order valence-electron chi connectivity index (χ2n) is 9.72. The number of rotatable bonds is 8. The van der Waals surface area contributed by atoms with Crippen molar-refractivity contribution in [2.45, 2.75) is 24.2 Å². The lowest BCUT2D eigenvalue weighted by Gasteiger charge is -2.28. The first-order chi connectivity index (χ1) is 19.4. The van der Waals surface area contributed by atoms with Gasteiger partial charge in [0.15, 0.2) is 20.8 Å². The summed E-state index contributed by atoms with van der Waals surface area (Å²) in [4.78, 5) is 18.6. The zero-order chi connectivity index (χ0) is 27.7. The number of aromatic nitrogens is 4. The fourth-order valence-corrected chi connectivity index (χ4v) is 7.74. The Kier molecular flexibility index (Phi) is 7.39. The van der Waals surface area contributed by atoms with Crippen LogP contribution in [0.4, 0.5) is 0 Å². The Bertz CT molecular complexity index is 1770. The number of amides is 1. The van der Waals surface area contributed by atoms with E-state index in [-0.39, 0.29) is 29.2 Å². The molecule has 0 aliphatic carbocycles. The minimum atomic E-state index is -3.16. The first-order valence-corrected chi connectivity index (χ1v) is 16.0. The third kappa shape index (κ3) is 5.52. The number of thioether (sulfide) groups is 1. The number of hydrogen-bond acceptors (Lipinski definition) is 6. The molecule has 2 aromatic heterocycles. The molecule has 6 rings (SSSR count). The summed E-state index contributed by atoms with van der Waals surface area (Å²) in [5, 5.41) is 11.2. The van der Waals surface area contributed by atoms with Crippen molar-refractivity contribution in [2.75, 3.05) is 17.3 Å². The van der Waals surface area contributed by atoms with Gasteiger partial charge >= 0.3 is 0 Å². The van der Waals surface area contributed by atoms with Crippen LogP contribution >= 0.6 is 23.4 Å². The third-order valence-corrected chi connectivity index (χ3v) is 9.95. The lowest BCUT2D eigenvalue weighted by atomic mass is 10.1. The quantitative estimate of drug-likeness (QED) is 0.243. The van der Waals surface area contributed by atoms with Gasteiger partial charge in [0.1, 0.15) is 0 Å². The van der Waals surface area contributed by atoms with E-state index < -0.39 is 9.84 Å². The van der Waals surface area contributed by atoms with Crippen molar-refractivity contribution in [3.8, 4) is 17.1 Å². The number of halogens is 1. The van der Waals surface area contributed by atoms with E-state index in [0.717, 1.165) is 27.7 Å². The van der Waals surface area contributed by atoms with Crippen LogP contribution in [0.5, 0.6) is 0 Å². The molecule has 1 N–H and O–H groups in total. The summed E-state index contributed by atoms with van der Waals surface area (Å²) in [5.74, 6) is 0.667. The average Bonchev–Trinajstić information content (AvgIpc) is 3.67. The van der Waals surface area contributed by atoms with E-state index in [2.05, 4.69) is 15.2 Å². The van der Waals surface area contributed by atoms with Crippen molar-refractivity contribution in [3.05, 3.63) is 95.6 Å². The van der Waals surface area contributed by atoms with E-state index in [0.29, 0.717) is 29.0 Å². The van der Waals surface area contributed by atoms with Crippen molar-refractivity contribution < 1.29 is 13.2 Å². The fourth-order valence-electron chi connectivity index (χ4n) is 5.05. The predicted molar refractivity (Wildman–Crippen MR) is 158 cm³/mol. The summed E-state index contributed by atoms with van der Waals surface area (Å²) in [5.41, 5.74) is 3.64. The molecular weight excluding hydrogens is 566 g/mol. The third-order valence-electron chi connectivity index (χ3n) is 7.04. The highest BCUT2D eigenvalue weighted by Gasteiger charge is 2.35. The van der Waals surface area contributed by atoms with Gasteiger partial charge in [0.25, 0.3) is 0 Å². The summed E-state index contributed by atoms with van der Waals surface area (Å²) < 4.78 is 26.4. The second-order valence-corrected chi connectivity index (χ2v) is 13.3. The van der Waals surface area contributed by atoms with Gasteiger partial charge in [0.2, 0.25) is 5.91 Å². The Hall–Kier alpha value is -3.60. The number of aromatic amines is 1. The maximum absolute atomic E-state index is 13.7. The Morgan fingerprint density at radius 3 is 2.52 bits per heavy atom. The smallest absolute Gasteiger partial charge is 0.233 e. The van der Waals surface area contributed by atoms with E-state index in [1.807, 2.05) is 77.5 Å². The summed E-state index contributed by atoms with van der Waals surface area (Å²) in [6, 6.07) is 24.6. The Morgan fingerprint density at radius 2 is 1.77 bits per heavy atom. The molecule has 1 aliphatic rings. The molecule has 5 aromatic rings. The molecule has 1 atom stereocenters. The first kappa shape index (κ1) is 26.6. The van der Waals surface area contributed by atoms with Crippen LogP contribution in [0.15, 0.2) is 90.2 Å². The molecule has 3 heterocycles. The Labute approximate surface area is 241 Å². The Balaban J connectivity index is 1.32. The molecular formula is C29H26ClN5O3S2. The van der Waals surface area contributed by atoms with E-state index in [1.165, 1.54) is 11.8 Å². The fraction of sp³-hybridized carbons (Fsp3) is 0.207. The van der Waals surface area contributed by atoms with Gasteiger partial charge in [-0.3, -0.25) is 9.36 Å². The van der Waals surface area contributed by atoms with Crippen molar-refractivity contribution in [1.82, 2.24) is 24.6 Å². The molecule has 11 heteroatoms. The van der Waals surface area contributed by atoms with E-state index in [1.54, 1.807) is 17.0 Å². The van der Waals surface area contributed by atoms with Crippen molar-refractivity contribution in [2.24, 2.45) is 0 Å². The molecule has 0 saturated carbocycles. The molecule has 3 aromatic carbocycles. The SMILES string of the molecule is O=C(CSc1nnc(-c2c[nH]c3ccccc23)n1-c1ccc(Cl)cc1)N(Cc1ccccc1)[C@@H]1CCS(=O)(=O)C1. The normalized spacial score (nSPS) is 16.4. The zero-order valence-electron chi connectivity index (χ0n) is 21.4. The van der Waals surface area contributed by atoms with Crippen LogP contribution in [0, 0.1) is 0 Å². The number of benzene rings is 3. The highest BCUT2D eigenvalue weighted by atomic mass is 35.5. The van der Waals surface area contributed by atoms with Gasteiger partial charge in [-0.05, 0) is 42.3 Å². The summed E-state index contributed by atoms with van der Waals surface area (Å²) >= 11 is 7.45. The molecule has 40 heavy (non-hydrogen) atoms. The van der Waals surface area contributed by atoms with Crippen LogP contribution in [-0.4, -0.2) is 62.3 Å². The number of sulfone groups is 1. The highest BCUT2D eigenvalue weighted by Crippen LogP contribution is 2.33. The maximum Gasteiger partial charge on any atom is 0.233 e. The number of nitrogens with zero attached hydrogens (tertiary/aromatic N) is 4.